The van der Waals surface area contributed by atoms with Gasteiger partial charge in [0.2, 0.25) is 0 Å². The number of rotatable bonds is 6. The second-order valence-corrected chi connectivity index (χ2v) is 4.30. The van der Waals surface area contributed by atoms with E-state index < -0.39 is 0 Å². The van der Waals surface area contributed by atoms with Crippen molar-refractivity contribution >= 4 is 11.6 Å². The predicted molar refractivity (Wildman–Crippen MR) is 66.0 cm³/mol. The van der Waals surface area contributed by atoms with E-state index in [1.807, 2.05) is 32.2 Å². The van der Waals surface area contributed by atoms with Crippen LogP contribution in [0.25, 0.3) is 0 Å². The fourth-order valence-electron chi connectivity index (χ4n) is 1.26. The van der Waals surface area contributed by atoms with Crippen LogP contribution >= 0.6 is 11.6 Å². The van der Waals surface area contributed by atoms with E-state index in [4.69, 9.17) is 21.4 Å². The van der Waals surface area contributed by atoms with Crippen molar-refractivity contribution in [2.75, 3.05) is 20.3 Å². The molecule has 0 amide bonds. The van der Waals surface area contributed by atoms with E-state index in [2.05, 4.69) is 5.32 Å². The van der Waals surface area contributed by atoms with Crippen LogP contribution in [0.5, 0.6) is 5.75 Å². The fourth-order valence-corrected chi connectivity index (χ4v) is 1.52. The molecule has 16 heavy (non-hydrogen) atoms. The molecule has 0 heterocycles. The molecule has 0 radical (unpaired) electrons. The van der Waals surface area contributed by atoms with Crippen molar-refractivity contribution in [1.82, 2.24) is 5.32 Å². The Balaban J connectivity index is 2.60. The third kappa shape index (κ3) is 4.00. The lowest BCUT2D eigenvalue weighted by Gasteiger charge is -2.12. The average molecular weight is 244 g/mol. The molecule has 0 aliphatic carbocycles. The zero-order valence-electron chi connectivity index (χ0n) is 9.66. The zero-order chi connectivity index (χ0) is 12.0. The minimum absolute atomic E-state index is 0.119. The highest BCUT2D eigenvalue weighted by Crippen LogP contribution is 2.25. The number of halogens is 1. The fraction of sp³-hybridized carbons (Fsp3) is 0.500. The smallest absolute Gasteiger partial charge is 0.137 e. The first-order valence-electron chi connectivity index (χ1n) is 5.34. The van der Waals surface area contributed by atoms with Gasteiger partial charge in [-0.15, -0.1) is 0 Å². The lowest BCUT2D eigenvalue weighted by atomic mass is 10.2. The maximum absolute atomic E-state index is 8.87. The molecular weight excluding hydrogens is 226 g/mol. The standard InChI is InChI=1S/C12H18ClNO2/c1-9(7-15)8-16-12-4-3-10(6-14-2)5-11(12)13/h3-5,9,14-15H,6-8H2,1-2H3. The van der Waals surface area contributed by atoms with Crippen LogP contribution in [-0.4, -0.2) is 25.4 Å². The van der Waals surface area contributed by atoms with E-state index in [1.165, 1.54) is 0 Å². The summed E-state index contributed by atoms with van der Waals surface area (Å²) in [6.07, 6.45) is 0. The topological polar surface area (TPSA) is 41.5 Å². The lowest BCUT2D eigenvalue weighted by molar-refractivity contribution is 0.174. The van der Waals surface area contributed by atoms with E-state index in [-0.39, 0.29) is 12.5 Å². The molecule has 0 fully saturated rings. The summed E-state index contributed by atoms with van der Waals surface area (Å²) < 4.78 is 5.51. The van der Waals surface area contributed by atoms with E-state index in [0.717, 1.165) is 12.1 Å². The molecule has 2 N–H and O–H groups in total. The Bertz CT molecular complexity index is 331. The van der Waals surface area contributed by atoms with Gasteiger partial charge in [-0.2, -0.15) is 0 Å². The molecule has 0 spiro atoms. The van der Waals surface area contributed by atoms with Gasteiger partial charge in [0, 0.05) is 19.1 Å². The molecule has 0 aliphatic rings. The molecule has 4 heteroatoms. The summed E-state index contributed by atoms with van der Waals surface area (Å²) >= 11 is 6.08. The molecule has 90 valence electrons. The normalized spacial score (nSPS) is 12.5. The number of aliphatic hydroxyl groups is 1. The van der Waals surface area contributed by atoms with Crippen LogP contribution in [0.3, 0.4) is 0 Å². The number of benzene rings is 1. The lowest BCUT2D eigenvalue weighted by Crippen LogP contribution is -2.12. The Labute approximate surface area is 101 Å². The SMILES string of the molecule is CNCc1ccc(OCC(C)CO)c(Cl)c1. The van der Waals surface area contributed by atoms with Crippen molar-refractivity contribution in [3.05, 3.63) is 28.8 Å². The third-order valence-corrected chi connectivity index (χ3v) is 2.51. The minimum Gasteiger partial charge on any atom is -0.492 e. The summed E-state index contributed by atoms with van der Waals surface area (Å²) in [6, 6.07) is 5.72. The van der Waals surface area contributed by atoms with Crippen LogP contribution in [0.15, 0.2) is 18.2 Å². The van der Waals surface area contributed by atoms with Crippen LogP contribution in [0.2, 0.25) is 5.02 Å². The first-order chi connectivity index (χ1) is 7.67. The summed E-state index contributed by atoms with van der Waals surface area (Å²) in [4.78, 5) is 0. The van der Waals surface area contributed by atoms with Gasteiger partial charge in [0.05, 0.1) is 11.6 Å². The summed E-state index contributed by atoms with van der Waals surface area (Å²) in [5.41, 5.74) is 1.12. The minimum atomic E-state index is 0.119. The number of nitrogens with one attached hydrogen (secondary N) is 1. The van der Waals surface area contributed by atoms with E-state index >= 15 is 0 Å². The van der Waals surface area contributed by atoms with Crippen molar-refractivity contribution in [1.29, 1.82) is 0 Å². The van der Waals surface area contributed by atoms with Crippen LogP contribution < -0.4 is 10.1 Å². The van der Waals surface area contributed by atoms with Gasteiger partial charge in [0.1, 0.15) is 5.75 Å². The third-order valence-electron chi connectivity index (χ3n) is 2.21. The number of hydrogen-bond donors (Lipinski definition) is 2. The van der Waals surface area contributed by atoms with E-state index in [1.54, 1.807) is 0 Å². The molecule has 0 saturated heterocycles. The Morgan fingerprint density at radius 2 is 2.25 bits per heavy atom. The number of ether oxygens (including phenoxy) is 1. The monoisotopic (exact) mass is 243 g/mol. The molecule has 1 unspecified atom stereocenters. The van der Waals surface area contributed by atoms with Gasteiger partial charge in [0.15, 0.2) is 0 Å². The molecule has 0 saturated carbocycles. The molecule has 1 rings (SSSR count). The molecule has 1 aromatic rings. The highest BCUT2D eigenvalue weighted by Gasteiger charge is 2.05. The largest absolute Gasteiger partial charge is 0.492 e. The van der Waals surface area contributed by atoms with Gasteiger partial charge in [-0.3, -0.25) is 0 Å². The molecular formula is C12H18ClNO2. The van der Waals surface area contributed by atoms with E-state index in [0.29, 0.717) is 17.4 Å². The summed E-state index contributed by atoms with van der Waals surface area (Å²) in [5.74, 6) is 0.787. The quantitative estimate of drug-likeness (QED) is 0.804. The molecule has 0 aromatic heterocycles. The van der Waals surface area contributed by atoms with Gasteiger partial charge in [-0.1, -0.05) is 24.6 Å². The second-order valence-electron chi connectivity index (χ2n) is 3.89. The van der Waals surface area contributed by atoms with Crippen molar-refractivity contribution in [3.63, 3.8) is 0 Å². The molecule has 3 nitrogen and oxygen atoms in total. The van der Waals surface area contributed by atoms with Gasteiger partial charge >= 0.3 is 0 Å². The molecule has 1 aromatic carbocycles. The summed E-state index contributed by atoms with van der Waals surface area (Å²) in [6.45, 7) is 3.30. The Morgan fingerprint density at radius 3 is 2.81 bits per heavy atom. The summed E-state index contributed by atoms with van der Waals surface area (Å²) in [7, 11) is 1.89. The molecule has 0 aliphatic heterocycles. The first kappa shape index (κ1) is 13.3. The van der Waals surface area contributed by atoms with Gasteiger partial charge in [0.25, 0.3) is 0 Å². The van der Waals surface area contributed by atoms with Crippen molar-refractivity contribution in [3.8, 4) is 5.75 Å². The van der Waals surface area contributed by atoms with Gasteiger partial charge in [-0.05, 0) is 24.7 Å². The van der Waals surface area contributed by atoms with Crippen LogP contribution in [0, 0.1) is 5.92 Å². The Hall–Kier alpha value is -0.770. The second kappa shape index (κ2) is 6.74. The molecule has 1 atom stereocenters. The van der Waals surface area contributed by atoms with Crippen LogP contribution in [0.4, 0.5) is 0 Å². The van der Waals surface area contributed by atoms with Gasteiger partial charge in [-0.25, -0.2) is 0 Å². The number of aliphatic hydroxyl groups excluding tert-OH is 1. The first-order valence-corrected chi connectivity index (χ1v) is 5.71. The van der Waals surface area contributed by atoms with E-state index in [9.17, 15) is 0 Å². The van der Waals surface area contributed by atoms with Crippen LogP contribution in [0.1, 0.15) is 12.5 Å². The van der Waals surface area contributed by atoms with Crippen LogP contribution in [-0.2, 0) is 6.54 Å². The van der Waals surface area contributed by atoms with Gasteiger partial charge < -0.3 is 15.2 Å². The predicted octanol–water partition coefficient (Wildman–Crippen LogP) is 2.07. The maximum Gasteiger partial charge on any atom is 0.137 e. The zero-order valence-corrected chi connectivity index (χ0v) is 10.4. The Morgan fingerprint density at radius 1 is 1.50 bits per heavy atom. The van der Waals surface area contributed by atoms with Crippen molar-refractivity contribution in [2.24, 2.45) is 5.92 Å². The summed E-state index contributed by atoms with van der Waals surface area (Å²) in [5, 5.41) is 12.5. The highest BCUT2D eigenvalue weighted by molar-refractivity contribution is 6.32. The Kier molecular flexibility index (Phi) is 5.60. The average Bonchev–Trinajstić information content (AvgIpc) is 2.28. The molecule has 0 bridgehead atoms. The number of hydrogen-bond acceptors (Lipinski definition) is 3. The van der Waals surface area contributed by atoms with Crippen molar-refractivity contribution in [2.45, 2.75) is 13.5 Å². The highest BCUT2D eigenvalue weighted by atomic mass is 35.5. The van der Waals surface area contributed by atoms with Crippen molar-refractivity contribution < 1.29 is 9.84 Å². The maximum atomic E-state index is 8.87.